The molecule has 4 rings (SSSR count). The van der Waals surface area contributed by atoms with Gasteiger partial charge in [-0.05, 0) is 54.5 Å². The Morgan fingerprint density at radius 3 is 2.32 bits per heavy atom. The molecule has 1 amide bonds. The van der Waals surface area contributed by atoms with E-state index in [1.807, 2.05) is 24.3 Å². The molecule has 7 heteroatoms. The van der Waals surface area contributed by atoms with Crippen molar-refractivity contribution in [2.45, 2.75) is 37.1 Å². The molecule has 1 aliphatic heterocycles. The number of likely N-dealkylation sites (N-methyl/N-ethyl adjacent to an activating group) is 1. The zero-order valence-corrected chi connectivity index (χ0v) is 19.0. The molecule has 2 aliphatic rings. The Labute approximate surface area is 185 Å². The summed E-state index contributed by atoms with van der Waals surface area (Å²) in [5, 5.41) is 0. The first-order chi connectivity index (χ1) is 14.9. The van der Waals surface area contributed by atoms with Crippen LogP contribution in [0.2, 0.25) is 0 Å². The summed E-state index contributed by atoms with van der Waals surface area (Å²) in [5.74, 6) is -0.136. The SMILES string of the molecule is CN(CC(=O)N1CCN(Cc2ccccc2)CC1)S(=O)(=O)c1ccc2c(c1)CCCC2. The van der Waals surface area contributed by atoms with Crippen molar-refractivity contribution in [1.29, 1.82) is 0 Å². The second kappa shape index (κ2) is 9.51. The lowest BCUT2D eigenvalue weighted by molar-refractivity contribution is -0.133. The normalized spacial score (nSPS) is 17.5. The number of carbonyl (C=O) groups is 1. The highest BCUT2D eigenvalue weighted by atomic mass is 32.2. The first-order valence-electron chi connectivity index (χ1n) is 11.1. The van der Waals surface area contributed by atoms with Gasteiger partial charge < -0.3 is 4.90 Å². The van der Waals surface area contributed by atoms with E-state index in [2.05, 4.69) is 17.0 Å². The maximum Gasteiger partial charge on any atom is 0.243 e. The van der Waals surface area contributed by atoms with Crippen LogP contribution in [0, 0.1) is 0 Å². The molecule has 0 bridgehead atoms. The number of sulfonamides is 1. The van der Waals surface area contributed by atoms with Crippen molar-refractivity contribution in [3.8, 4) is 0 Å². The lowest BCUT2D eigenvalue weighted by Crippen LogP contribution is -2.51. The van der Waals surface area contributed by atoms with Gasteiger partial charge in [0.1, 0.15) is 0 Å². The van der Waals surface area contributed by atoms with Crippen LogP contribution in [0.4, 0.5) is 0 Å². The number of carbonyl (C=O) groups excluding carboxylic acids is 1. The van der Waals surface area contributed by atoms with E-state index in [9.17, 15) is 13.2 Å². The van der Waals surface area contributed by atoms with Crippen molar-refractivity contribution in [2.24, 2.45) is 0 Å². The summed E-state index contributed by atoms with van der Waals surface area (Å²) >= 11 is 0. The smallest absolute Gasteiger partial charge is 0.243 e. The number of fused-ring (bicyclic) bond motifs is 1. The summed E-state index contributed by atoms with van der Waals surface area (Å²) in [5.41, 5.74) is 3.64. The number of aryl methyl sites for hydroxylation is 2. The molecule has 0 spiro atoms. The summed E-state index contributed by atoms with van der Waals surface area (Å²) in [4.78, 5) is 17.2. The molecule has 0 N–H and O–H groups in total. The number of nitrogens with zero attached hydrogens (tertiary/aromatic N) is 3. The van der Waals surface area contributed by atoms with Crippen LogP contribution in [0.1, 0.15) is 29.5 Å². The van der Waals surface area contributed by atoms with E-state index in [-0.39, 0.29) is 17.3 Å². The summed E-state index contributed by atoms with van der Waals surface area (Å²) in [6.45, 7) is 3.58. The van der Waals surface area contributed by atoms with E-state index in [0.717, 1.165) is 50.9 Å². The van der Waals surface area contributed by atoms with Crippen LogP contribution < -0.4 is 0 Å². The first-order valence-corrected chi connectivity index (χ1v) is 12.5. The minimum atomic E-state index is -3.68. The standard InChI is InChI=1S/C24H31N3O3S/c1-25(31(29,30)23-12-11-21-9-5-6-10-22(21)17-23)19-24(28)27-15-13-26(14-16-27)18-20-7-3-2-4-8-20/h2-4,7-8,11-12,17H,5-6,9-10,13-16,18-19H2,1H3. The highest BCUT2D eigenvalue weighted by Crippen LogP contribution is 2.25. The monoisotopic (exact) mass is 441 g/mol. The Morgan fingerprint density at radius 1 is 0.935 bits per heavy atom. The zero-order valence-electron chi connectivity index (χ0n) is 18.2. The number of piperazine rings is 1. The van der Waals surface area contributed by atoms with Gasteiger partial charge in [-0.3, -0.25) is 9.69 Å². The van der Waals surface area contributed by atoms with Gasteiger partial charge in [0.25, 0.3) is 0 Å². The molecular weight excluding hydrogens is 410 g/mol. The molecule has 31 heavy (non-hydrogen) atoms. The molecule has 1 saturated heterocycles. The average molecular weight is 442 g/mol. The minimum absolute atomic E-state index is 0.127. The lowest BCUT2D eigenvalue weighted by Gasteiger charge is -2.35. The fraction of sp³-hybridized carbons (Fsp3) is 0.458. The van der Waals surface area contributed by atoms with Crippen LogP contribution in [-0.2, 0) is 34.2 Å². The van der Waals surface area contributed by atoms with Crippen LogP contribution in [-0.4, -0.2) is 68.2 Å². The quantitative estimate of drug-likeness (QED) is 0.691. The fourth-order valence-electron chi connectivity index (χ4n) is 4.42. The number of benzene rings is 2. The second-order valence-corrected chi connectivity index (χ2v) is 10.6. The van der Waals surface area contributed by atoms with Gasteiger partial charge in [0, 0.05) is 39.8 Å². The molecule has 2 aromatic carbocycles. The van der Waals surface area contributed by atoms with Crippen LogP contribution in [0.3, 0.4) is 0 Å². The Morgan fingerprint density at radius 2 is 1.61 bits per heavy atom. The average Bonchev–Trinajstić information content (AvgIpc) is 2.79. The van der Waals surface area contributed by atoms with Crippen LogP contribution >= 0.6 is 0 Å². The third-order valence-corrected chi connectivity index (χ3v) is 8.16. The van der Waals surface area contributed by atoms with Gasteiger partial charge in [-0.25, -0.2) is 8.42 Å². The van der Waals surface area contributed by atoms with Gasteiger partial charge in [-0.2, -0.15) is 4.31 Å². The van der Waals surface area contributed by atoms with Crippen LogP contribution in [0.25, 0.3) is 0 Å². The predicted molar refractivity (Wildman–Crippen MR) is 121 cm³/mol. The molecule has 0 saturated carbocycles. The van der Waals surface area contributed by atoms with Crippen LogP contribution in [0.5, 0.6) is 0 Å². The fourth-order valence-corrected chi connectivity index (χ4v) is 5.59. The Bertz CT molecular complexity index is 1020. The summed E-state index contributed by atoms with van der Waals surface area (Å²) in [7, 11) is -2.18. The largest absolute Gasteiger partial charge is 0.339 e. The van der Waals surface area contributed by atoms with Crippen molar-refractivity contribution in [3.05, 3.63) is 65.2 Å². The third kappa shape index (κ3) is 5.17. The summed E-state index contributed by atoms with van der Waals surface area (Å²) < 4.78 is 27.3. The highest BCUT2D eigenvalue weighted by molar-refractivity contribution is 7.89. The molecule has 0 atom stereocenters. The second-order valence-electron chi connectivity index (χ2n) is 8.54. The lowest BCUT2D eigenvalue weighted by atomic mass is 9.92. The molecule has 1 fully saturated rings. The molecule has 2 aromatic rings. The van der Waals surface area contributed by atoms with Gasteiger partial charge in [0.2, 0.25) is 15.9 Å². The van der Waals surface area contributed by atoms with Crippen molar-refractivity contribution >= 4 is 15.9 Å². The highest BCUT2D eigenvalue weighted by Gasteiger charge is 2.28. The van der Waals surface area contributed by atoms with Gasteiger partial charge in [0.15, 0.2) is 0 Å². The maximum atomic E-state index is 13.0. The zero-order chi connectivity index (χ0) is 21.8. The number of hydrogen-bond acceptors (Lipinski definition) is 4. The first kappa shape index (κ1) is 22.0. The Kier molecular flexibility index (Phi) is 6.74. The summed E-state index contributed by atoms with van der Waals surface area (Å²) in [6, 6.07) is 15.7. The van der Waals surface area contributed by atoms with Crippen LogP contribution in [0.15, 0.2) is 53.4 Å². The van der Waals surface area contributed by atoms with E-state index >= 15 is 0 Å². The van der Waals surface area contributed by atoms with Crippen molar-refractivity contribution in [2.75, 3.05) is 39.8 Å². The predicted octanol–water partition coefficient (Wildman–Crippen LogP) is 2.53. The topological polar surface area (TPSA) is 60.9 Å². The van der Waals surface area contributed by atoms with Crippen molar-refractivity contribution in [3.63, 3.8) is 0 Å². The number of hydrogen-bond donors (Lipinski definition) is 0. The molecule has 166 valence electrons. The van der Waals surface area contributed by atoms with E-state index in [4.69, 9.17) is 0 Å². The van der Waals surface area contributed by atoms with Crippen molar-refractivity contribution < 1.29 is 13.2 Å². The number of amides is 1. The number of rotatable bonds is 6. The molecule has 1 aliphatic carbocycles. The molecule has 0 aromatic heterocycles. The third-order valence-electron chi connectivity index (χ3n) is 6.36. The van der Waals surface area contributed by atoms with Gasteiger partial charge in [-0.15, -0.1) is 0 Å². The maximum absolute atomic E-state index is 13.0. The summed E-state index contributed by atoms with van der Waals surface area (Å²) in [6.07, 6.45) is 4.20. The molecular formula is C24H31N3O3S. The molecule has 0 unspecified atom stereocenters. The Balaban J connectivity index is 1.33. The Hall–Kier alpha value is -2.22. The van der Waals surface area contributed by atoms with E-state index in [1.54, 1.807) is 17.0 Å². The molecule has 6 nitrogen and oxygen atoms in total. The minimum Gasteiger partial charge on any atom is -0.339 e. The molecule has 0 radical (unpaired) electrons. The van der Waals surface area contributed by atoms with Crippen molar-refractivity contribution in [1.82, 2.24) is 14.1 Å². The van der Waals surface area contributed by atoms with E-state index < -0.39 is 10.0 Å². The molecule has 1 heterocycles. The van der Waals surface area contributed by atoms with Gasteiger partial charge >= 0.3 is 0 Å². The van der Waals surface area contributed by atoms with Gasteiger partial charge in [0.05, 0.1) is 11.4 Å². The van der Waals surface area contributed by atoms with E-state index in [0.29, 0.717) is 13.1 Å². The van der Waals surface area contributed by atoms with E-state index in [1.165, 1.54) is 22.5 Å². The van der Waals surface area contributed by atoms with Gasteiger partial charge in [-0.1, -0.05) is 36.4 Å².